The van der Waals surface area contributed by atoms with Gasteiger partial charge in [0.25, 0.3) is 0 Å². The average Bonchev–Trinajstić information content (AvgIpc) is 2.68. The highest BCUT2D eigenvalue weighted by Crippen LogP contribution is 2.27. The second-order valence-electron chi connectivity index (χ2n) is 5.01. The third-order valence-electron chi connectivity index (χ3n) is 2.45. The van der Waals surface area contributed by atoms with Gasteiger partial charge in [0.2, 0.25) is 5.82 Å². The number of aromatic amines is 1. The van der Waals surface area contributed by atoms with E-state index in [1.54, 1.807) is 0 Å². The highest BCUT2D eigenvalue weighted by Gasteiger charge is 2.24. The van der Waals surface area contributed by atoms with Crippen molar-refractivity contribution in [2.45, 2.75) is 40.2 Å². The lowest BCUT2D eigenvalue weighted by atomic mass is 10.1. The molecule has 1 N–H and O–H groups in total. The van der Waals surface area contributed by atoms with Crippen LogP contribution in [0, 0.1) is 18.6 Å². The van der Waals surface area contributed by atoms with E-state index in [0.717, 1.165) is 5.69 Å². The summed E-state index contributed by atoms with van der Waals surface area (Å²) in [5, 5.41) is 7.05. The van der Waals surface area contributed by atoms with Crippen LogP contribution >= 0.6 is 12.2 Å². The standard InChI is InChI=1S/C11H16N4OS/c1-6-8(16-7(2)12-6)9-13-14-10(17)15(9)11(3,4)5/h1-5H3,(H,14,17). The van der Waals surface area contributed by atoms with Crippen LogP contribution in [0.25, 0.3) is 11.6 Å². The van der Waals surface area contributed by atoms with Gasteiger partial charge in [0.05, 0.1) is 5.69 Å². The first kappa shape index (κ1) is 12.0. The first-order valence-electron chi connectivity index (χ1n) is 5.43. The number of aryl methyl sites for hydroxylation is 2. The van der Waals surface area contributed by atoms with Crippen LogP contribution in [0.4, 0.5) is 0 Å². The van der Waals surface area contributed by atoms with Gasteiger partial charge >= 0.3 is 0 Å². The van der Waals surface area contributed by atoms with E-state index in [0.29, 0.717) is 22.2 Å². The molecule has 2 heterocycles. The summed E-state index contributed by atoms with van der Waals surface area (Å²) >= 11 is 5.25. The predicted molar refractivity (Wildman–Crippen MR) is 67.4 cm³/mol. The van der Waals surface area contributed by atoms with E-state index in [-0.39, 0.29) is 5.54 Å². The lowest BCUT2D eigenvalue weighted by molar-refractivity contribution is 0.390. The van der Waals surface area contributed by atoms with Gasteiger partial charge < -0.3 is 4.42 Å². The Morgan fingerprint density at radius 1 is 1.29 bits per heavy atom. The van der Waals surface area contributed by atoms with Gasteiger partial charge in [-0.1, -0.05) is 0 Å². The number of hydrogen-bond donors (Lipinski definition) is 1. The van der Waals surface area contributed by atoms with E-state index in [9.17, 15) is 0 Å². The first-order valence-corrected chi connectivity index (χ1v) is 5.84. The molecule has 0 amide bonds. The Kier molecular flexibility index (Phi) is 2.69. The molecule has 0 atom stereocenters. The Morgan fingerprint density at radius 3 is 2.41 bits per heavy atom. The molecule has 0 spiro atoms. The molecule has 0 bridgehead atoms. The molecule has 2 aromatic rings. The SMILES string of the molecule is Cc1nc(C)c(-c2n[nH]c(=S)n2C(C)(C)C)o1. The molecule has 0 saturated carbocycles. The maximum absolute atomic E-state index is 5.59. The number of rotatable bonds is 1. The fourth-order valence-corrected chi connectivity index (χ4v) is 2.22. The molecule has 0 aliphatic heterocycles. The van der Waals surface area contributed by atoms with Crippen LogP contribution in [0.5, 0.6) is 0 Å². The van der Waals surface area contributed by atoms with E-state index >= 15 is 0 Å². The Morgan fingerprint density at radius 2 is 1.94 bits per heavy atom. The lowest BCUT2D eigenvalue weighted by Crippen LogP contribution is -2.23. The van der Waals surface area contributed by atoms with Crippen molar-refractivity contribution in [1.29, 1.82) is 0 Å². The number of nitrogens with zero attached hydrogens (tertiary/aromatic N) is 3. The van der Waals surface area contributed by atoms with Crippen LogP contribution in [-0.4, -0.2) is 19.7 Å². The van der Waals surface area contributed by atoms with E-state index < -0.39 is 0 Å². The topological polar surface area (TPSA) is 59.6 Å². The molecule has 0 aliphatic carbocycles. The number of nitrogens with one attached hydrogen (secondary N) is 1. The maximum Gasteiger partial charge on any atom is 0.200 e. The van der Waals surface area contributed by atoms with Gasteiger partial charge in [0.15, 0.2) is 16.4 Å². The molecule has 0 aliphatic rings. The van der Waals surface area contributed by atoms with E-state index in [1.807, 2.05) is 18.4 Å². The van der Waals surface area contributed by atoms with Crippen molar-refractivity contribution in [3.63, 3.8) is 0 Å². The zero-order chi connectivity index (χ0) is 12.8. The summed E-state index contributed by atoms with van der Waals surface area (Å²) in [6.07, 6.45) is 0. The lowest BCUT2D eigenvalue weighted by Gasteiger charge is -2.21. The molecular weight excluding hydrogens is 236 g/mol. The van der Waals surface area contributed by atoms with Crippen molar-refractivity contribution >= 4 is 12.2 Å². The highest BCUT2D eigenvalue weighted by atomic mass is 32.1. The third kappa shape index (κ3) is 2.04. The van der Waals surface area contributed by atoms with Crippen LogP contribution < -0.4 is 0 Å². The summed E-state index contributed by atoms with van der Waals surface area (Å²) in [4.78, 5) is 4.25. The largest absolute Gasteiger partial charge is 0.437 e. The normalized spacial score (nSPS) is 12.1. The fourth-order valence-electron chi connectivity index (χ4n) is 1.81. The van der Waals surface area contributed by atoms with E-state index in [4.69, 9.17) is 16.6 Å². The fraction of sp³-hybridized carbons (Fsp3) is 0.545. The highest BCUT2D eigenvalue weighted by molar-refractivity contribution is 7.71. The van der Waals surface area contributed by atoms with E-state index in [1.165, 1.54) is 0 Å². The summed E-state index contributed by atoms with van der Waals surface area (Å²) in [5.74, 6) is 2.00. The van der Waals surface area contributed by atoms with Crippen molar-refractivity contribution in [1.82, 2.24) is 19.7 Å². The Bertz CT molecular complexity index is 600. The monoisotopic (exact) mass is 252 g/mol. The molecule has 0 fully saturated rings. The van der Waals surface area contributed by atoms with E-state index in [2.05, 4.69) is 36.0 Å². The van der Waals surface area contributed by atoms with Gasteiger partial charge in [0.1, 0.15) is 0 Å². The van der Waals surface area contributed by atoms with Gasteiger partial charge in [-0.2, -0.15) is 5.10 Å². The number of hydrogen-bond acceptors (Lipinski definition) is 4. The van der Waals surface area contributed by atoms with Crippen LogP contribution in [0.3, 0.4) is 0 Å². The summed E-state index contributed by atoms with van der Waals surface area (Å²) in [6.45, 7) is 9.93. The average molecular weight is 252 g/mol. The van der Waals surface area contributed by atoms with Crippen molar-refractivity contribution < 1.29 is 4.42 Å². The smallest absolute Gasteiger partial charge is 0.200 e. The van der Waals surface area contributed by atoms with Crippen molar-refractivity contribution in [2.75, 3.05) is 0 Å². The molecule has 0 saturated heterocycles. The second-order valence-corrected chi connectivity index (χ2v) is 5.39. The minimum atomic E-state index is -0.160. The molecule has 92 valence electrons. The molecule has 2 aromatic heterocycles. The summed E-state index contributed by atoms with van der Waals surface area (Å²) in [5.41, 5.74) is 0.661. The van der Waals surface area contributed by atoms with Gasteiger partial charge in [-0.25, -0.2) is 4.98 Å². The van der Waals surface area contributed by atoms with Crippen molar-refractivity contribution in [2.24, 2.45) is 0 Å². The maximum atomic E-state index is 5.59. The molecule has 0 unspecified atom stereocenters. The number of oxazole rings is 1. The zero-order valence-electron chi connectivity index (χ0n) is 10.7. The van der Waals surface area contributed by atoms with Gasteiger partial charge in [-0.15, -0.1) is 0 Å². The molecule has 0 radical (unpaired) electrons. The Balaban J connectivity index is 2.70. The molecule has 5 nitrogen and oxygen atoms in total. The summed E-state index contributed by atoms with van der Waals surface area (Å²) < 4.78 is 8.11. The Labute approximate surface area is 105 Å². The van der Waals surface area contributed by atoms with Gasteiger partial charge in [0, 0.05) is 12.5 Å². The zero-order valence-corrected chi connectivity index (χ0v) is 11.5. The van der Waals surface area contributed by atoms with Crippen molar-refractivity contribution in [3.8, 4) is 11.6 Å². The second kappa shape index (κ2) is 3.80. The molecule has 17 heavy (non-hydrogen) atoms. The molecular formula is C11H16N4OS. The van der Waals surface area contributed by atoms with Crippen LogP contribution in [-0.2, 0) is 5.54 Å². The van der Waals surface area contributed by atoms with Crippen molar-refractivity contribution in [3.05, 3.63) is 16.4 Å². The predicted octanol–water partition coefficient (Wildman–Crippen LogP) is 2.97. The number of H-pyrrole nitrogens is 1. The number of aromatic nitrogens is 4. The minimum Gasteiger partial charge on any atom is -0.437 e. The van der Waals surface area contributed by atoms with Gasteiger partial charge in [-0.3, -0.25) is 9.67 Å². The van der Waals surface area contributed by atoms with Crippen LogP contribution in [0.2, 0.25) is 0 Å². The molecule has 2 rings (SSSR count). The summed E-state index contributed by atoms with van der Waals surface area (Å²) in [7, 11) is 0. The molecule has 0 aromatic carbocycles. The summed E-state index contributed by atoms with van der Waals surface area (Å²) in [6, 6.07) is 0. The minimum absolute atomic E-state index is 0.160. The first-order chi connectivity index (χ1) is 7.80. The quantitative estimate of drug-likeness (QED) is 0.793. The van der Waals surface area contributed by atoms with Gasteiger partial charge in [-0.05, 0) is 39.9 Å². The van der Waals surface area contributed by atoms with Crippen LogP contribution in [0.1, 0.15) is 32.4 Å². The third-order valence-corrected chi connectivity index (χ3v) is 2.72. The molecule has 6 heteroatoms. The van der Waals surface area contributed by atoms with Crippen LogP contribution in [0.15, 0.2) is 4.42 Å². The Hall–Kier alpha value is -1.43.